The normalized spacial score (nSPS) is 21.3. The molecular weight excluding hydrogens is 292 g/mol. The van der Waals surface area contributed by atoms with E-state index in [4.69, 9.17) is 22.0 Å². The van der Waals surface area contributed by atoms with E-state index in [1.165, 1.54) is 0 Å². The number of hydrogen-bond acceptors (Lipinski definition) is 3. The third-order valence-electron chi connectivity index (χ3n) is 3.81. The number of aliphatic carboxylic acids is 1. The van der Waals surface area contributed by atoms with Gasteiger partial charge in [-0.2, -0.15) is 5.26 Å². The second-order valence-electron chi connectivity index (χ2n) is 5.18. The quantitative estimate of drug-likeness (QED) is 0.898. The van der Waals surface area contributed by atoms with Crippen LogP contribution in [0.2, 0.25) is 5.02 Å². The van der Waals surface area contributed by atoms with Crippen LogP contribution in [0.3, 0.4) is 0 Å². The van der Waals surface area contributed by atoms with E-state index in [0.717, 1.165) is 0 Å². The van der Waals surface area contributed by atoms with E-state index in [0.29, 0.717) is 42.0 Å². The Morgan fingerprint density at radius 2 is 1.86 bits per heavy atom. The molecule has 1 saturated carbocycles. The summed E-state index contributed by atoms with van der Waals surface area (Å²) >= 11 is 5.87. The monoisotopic (exact) mass is 306 g/mol. The minimum absolute atomic E-state index is 0.183. The molecule has 110 valence electrons. The van der Waals surface area contributed by atoms with Crippen LogP contribution in [0.15, 0.2) is 18.2 Å². The van der Waals surface area contributed by atoms with Crippen LogP contribution < -0.4 is 5.32 Å². The molecule has 0 radical (unpaired) electrons. The molecular formula is C15H15ClN2O3. The summed E-state index contributed by atoms with van der Waals surface area (Å²) < 4.78 is 0. The molecule has 0 bridgehead atoms. The fourth-order valence-electron chi connectivity index (χ4n) is 2.55. The molecule has 5 nitrogen and oxygen atoms in total. The summed E-state index contributed by atoms with van der Waals surface area (Å²) in [6.45, 7) is 0. The first-order chi connectivity index (χ1) is 10.0. The van der Waals surface area contributed by atoms with Crippen LogP contribution in [0, 0.1) is 23.2 Å². The molecule has 2 rings (SSSR count). The Hall–Kier alpha value is -2.06. The van der Waals surface area contributed by atoms with Gasteiger partial charge in [0.25, 0.3) is 0 Å². The predicted molar refractivity (Wildman–Crippen MR) is 77.9 cm³/mol. The molecule has 0 aromatic heterocycles. The number of anilines is 1. The van der Waals surface area contributed by atoms with Crippen LogP contribution in [-0.4, -0.2) is 17.0 Å². The molecule has 1 aliphatic carbocycles. The second-order valence-corrected chi connectivity index (χ2v) is 5.61. The van der Waals surface area contributed by atoms with Gasteiger partial charge < -0.3 is 10.4 Å². The molecule has 0 spiro atoms. The fourth-order valence-corrected chi connectivity index (χ4v) is 2.73. The van der Waals surface area contributed by atoms with Crippen LogP contribution in [-0.2, 0) is 9.59 Å². The van der Waals surface area contributed by atoms with Gasteiger partial charge in [0.1, 0.15) is 6.07 Å². The van der Waals surface area contributed by atoms with Gasteiger partial charge in [-0.25, -0.2) is 0 Å². The zero-order chi connectivity index (χ0) is 15.4. The summed E-state index contributed by atoms with van der Waals surface area (Å²) in [6.07, 6.45) is 2.11. The smallest absolute Gasteiger partial charge is 0.306 e. The number of nitrogens with one attached hydrogen (secondary N) is 1. The molecule has 1 fully saturated rings. The van der Waals surface area contributed by atoms with Crippen molar-refractivity contribution in [2.75, 3.05) is 5.32 Å². The number of carbonyl (C=O) groups excluding carboxylic acids is 1. The average Bonchev–Trinajstić information content (AvgIpc) is 2.47. The van der Waals surface area contributed by atoms with Crippen molar-refractivity contribution in [3.05, 3.63) is 28.8 Å². The Kier molecular flexibility index (Phi) is 4.81. The molecule has 0 atom stereocenters. The molecule has 6 heteroatoms. The Morgan fingerprint density at radius 1 is 1.24 bits per heavy atom. The van der Waals surface area contributed by atoms with Gasteiger partial charge in [-0.3, -0.25) is 9.59 Å². The van der Waals surface area contributed by atoms with Crippen molar-refractivity contribution >= 4 is 29.2 Å². The lowest BCUT2D eigenvalue weighted by Crippen LogP contribution is -2.29. The Balaban J connectivity index is 2.01. The number of nitriles is 1. The first-order valence-corrected chi connectivity index (χ1v) is 7.12. The van der Waals surface area contributed by atoms with Crippen LogP contribution in [0.25, 0.3) is 0 Å². The minimum atomic E-state index is -0.796. The van der Waals surface area contributed by atoms with Crippen LogP contribution in [0.5, 0.6) is 0 Å². The first kappa shape index (κ1) is 15.3. The number of carbonyl (C=O) groups is 2. The van der Waals surface area contributed by atoms with Gasteiger partial charge in [-0.05, 0) is 43.9 Å². The summed E-state index contributed by atoms with van der Waals surface area (Å²) in [5, 5.41) is 21.1. The number of rotatable bonds is 3. The molecule has 0 unspecified atom stereocenters. The molecule has 1 aliphatic rings. The van der Waals surface area contributed by atoms with Crippen molar-refractivity contribution in [2.45, 2.75) is 25.7 Å². The highest BCUT2D eigenvalue weighted by Gasteiger charge is 2.29. The summed E-state index contributed by atoms with van der Waals surface area (Å²) in [6, 6.07) is 6.69. The van der Waals surface area contributed by atoms with Gasteiger partial charge in [-0.1, -0.05) is 11.6 Å². The number of hydrogen-bond donors (Lipinski definition) is 2. The van der Waals surface area contributed by atoms with E-state index in [1.807, 2.05) is 6.07 Å². The molecule has 1 amide bonds. The van der Waals surface area contributed by atoms with Crippen LogP contribution in [0.4, 0.5) is 5.69 Å². The standard InChI is InChI=1S/C15H15ClN2O3/c16-12-6-5-11(8-17)13(7-12)18-14(19)9-1-3-10(4-2-9)15(20)21/h5-7,9-10H,1-4H2,(H,18,19)(H,20,21). The molecule has 0 saturated heterocycles. The Bertz CT molecular complexity index is 601. The summed E-state index contributed by atoms with van der Waals surface area (Å²) in [5.74, 6) is -1.55. The van der Waals surface area contributed by atoms with E-state index in [1.54, 1.807) is 18.2 Å². The molecule has 0 aliphatic heterocycles. The van der Waals surface area contributed by atoms with Crippen molar-refractivity contribution < 1.29 is 14.7 Å². The van der Waals surface area contributed by atoms with E-state index >= 15 is 0 Å². The topological polar surface area (TPSA) is 90.2 Å². The minimum Gasteiger partial charge on any atom is -0.481 e. The highest BCUT2D eigenvalue weighted by Crippen LogP contribution is 2.30. The highest BCUT2D eigenvalue weighted by molar-refractivity contribution is 6.31. The lowest BCUT2D eigenvalue weighted by molar-refractivity contribution is -0.143. The molecule has 21 heavy (non-hydrogen) atoms. The molecule has 1 aromatic rings. The number of nitrogens with zero attached hydrogens (tertiary/aromatic N) is 1. The van der Waals surface area contributed by atoms with E-state index in [-0.39, 0.29) is 17.7 Å². The lowest BCUT2D eigenvalue weighted by atomic mass is 9.81. The zero-order valence-corrected chi connectivity index (χ0v) is 12.1. The largest absolute Gasteiger partial charge is 0.481 e. The summed E-state index contributed by atoms with van der Waals surface area (Å²) in [7, 11) is 0. The van der Waals surface area contributed by atoms with Gasteiger partial charge in [0.2, 0.25) is 5.91 Å². The molecule has 2 N–H and O–H groups in total. The summed E-state index contributed by atoms with van der Waals surface area (Å²) in [4.78, 5) is 23.1. The van der Waals surface area contributed by atoms with Crippen molar-refractivity contribution in [1.82, 2.24) is 0 Å². The van der Waals surface area contributed by atoms with Crippen molar-refractivity contribution in [1.29, 1.82) is 5.26 Å². The number of halogens is 1. The van der Waals surface area contributed by atoms with Gasteiger partial charge in [0.05, 0.1) is 17.2 Å². The average molecular weight is 307 g/mol. The molecule has 0 heterocycles. The SMILES string of the molecule is N#Cc1ccc(Cl)cc1NC(=O)C1CCC(C(=O)O)CC1. The number of amides is 1. The third-order valence-corrected chi connectivity index (χ3v) is 4.04. The van der Waals surface area contributed by atoms with Crippen LogP contribution in [0.1, 0.15) is 31.2 Å². The second kappa shape index (κ2) is 6.59. The van der Waals surface area contributed by atoms with Gasteiger partial charge in [-0.15, -0.1) is 0 Å². The first-order valence-electron chi connectivity index (χ1n) is 6.74. The lowest BCUT2D eigenvalue weighted by Gasteiger charge is -2.25. The predicted octanol–water partition coefficient (Wildman–Crippen LogP) is 3.04. The van der Waals surface area contributed by atoms with Crippen molar-refractivity contribution in [3.8, 4) is 6.07 Å². The number of carboxylic acids is 1. The maximum atomic E-state index is 12.2. The number of benzene rings is 1. The zero-order valence-electron chi connectivity index (χ0n) is 11.3. The van der Waals surface area contributed by atoms with E-state index < -0.39 is 5.97 Å². The maximum Gasteiger partial charge on any atom is 0.306 e. The third kappa shape index (κ3) is 3.73. The Morgan fingerprint density at radius 3 is 2.43 bits per heavy atom. The summed E-state index contributed by atoms with van der Waals surface area (Å²) in [5.41, 5.74) is 0.752. The van der Waals surface area contributed by atoms with Gasteiger partial charge in [0.15, 0.2) is 0 Å². The van der Waals surface area contributed by atoms with Gasteiger partial charge >= 0.3 is 5.97 Å². The van der Waals surface area contributed by atoms with E-state index in [2.05, 4.69) is 5.32 Å². The molecule has 1 aromatic carbocycles. The van der Waals surface area contributed by atoms with E-state index in [9.17, 15) is 9.59 Å². The van der Waals surface area contributed by atoms with Gasteiger partial charge in [0, 0.05) is 10.9 Å². The maximum absolute atomic E-state index is 12.2. The van der Waals surface area contributed by atoms with Crippen LogP contribution >= 0.6 is 11.6 Å². The highest BCUT2D eigenvalue weighted by atomic mass is 35.5. The Labute approximate surface area is 127 Å². The number of carboxylic acid groups (broad SMARTS) is 1. The van der Waals surface area contributed by atoms with Crippen molar-refractivity contribution in [2.24, 2.45) is 11.8 Å². The fraction of sp³-hybridized carbons (Fsp3) is 0.400. The van der Waals surface area contributed by atoms with Crippen molar-refractivity contribution in [3.63, 3.8) is 0 Å².